The second kappa shape index (κ2) is 34.4. The second-order valence-electron chi connectivity index (χ2n) is 18.7. The Morgan fingerprint density at radius 1 is 0.593 bits per heavy atom. The van der Waals surface area contributed by atoms with Crippen molar-refractivity contribution in [3.05, 3.63) is 0 Å². The zero-order chi connectivity index (χ0) is 43.7. The lowest BCUT2D eigenvalue weighted by atomic mass is 9.99. The Kier molecular flexibility index (Phi) is 32.6. The maximum atomic E-state index is 12.8. The molecule has 1 aliphatic heterocycles. The van der Waals surface area contributed by atoms with Crippen LogP contribution in [-0.4, -0.2) is 88.0 Å². The molecule has 0 aromatic rings. The summed E-state index contributed by atoms with van der Waals surface area (Å²) in [5, 5.41) is 0. The highest BCUT2D eigenvalue weighted by Crippen LogP contribution is 2.38. The molecule has 12 heteroatoms. The minimum atomic E-state index is -4.65. The van der Waals surface area contributed by atoms with Gasteiger partial charge in [0.15, 0.2) is 11.9 Å². The maximum absolute atomic E-state index is 12.8. The van der Waals surface area contributed by atoms with Crippen molar-refractivity contribution in [2.45, 2.75) is 244 Å². The first-order chi connectivity index (χ1) is 28.2. The molecule has 0 spiro atoms. The molecular formula is C47H92NO10P. The van der Waals surface area contributed by atoms with Crippen LogP contribution in [0.3, 0.4) is 0 Å². The van der Waals surface area contributed by atoms with E-state index in [-0.39, 0.29) is 38.3 Å². The SMILES string of the molecule is CCCCCCCCCCCCCCCCCC(=O)OC[C@H](COP(=O)([O-])OCC[N+](C)(C)C)OC(=O)CCCCCCCC1OC(C)(C)OC1CCCCCCCC. The van der Waals surface area contributed by atoms with E-state index in [0.717, 1.165) is 57.8 Å². The first kappa shape index (κ1) is 55.9. The van der Waals surface area contributed by atoms with E-state index in [1.54, 1.807) is 0 Å². The van der Waals surface area contributed by atoms with Crippen molar-refractivity contribution < 1.29 is 51.5 Å². The van der Waals surface area contributed by atoms with Crippen LogP contribution in [-0.2, 0) is 42.1 Å². The van der Waals surface area contributed by atoms with Gasteiger partial charge in [0.2, 0.25) is 0 Å². The zero-order valence-corrected chi connectivity index (χ0v) is 40.1. The standard InChI is InChI=1S/C47H92NO10P/c1-8-10-12-14-16-17-18-19-20-21-22-23-24-28-32-36-45(49)53-40-42(41-55-59(51,52)54-39-38-48(5,6)7)56-46(50)37-33-29-25-27-31-35-44-43(57-47(3,4)58-44)34-30-26-15-13-11-9-2/h42-44H,8-41H2,1-7H3/t42-,43?,44?/m1/s1. The van der Waals surface area contributed by atoms with Gasteiger partial charge in [-0.15, -0.1) is 0 Å². The van der Waals surface area contributed by atoms with Crippen LogP contribution in [0.15, 0.2) is 0 Å². The number of unbranched alkanes of at least 4 members (excludes halogenated alkanes) is 23. The summed E-state index contributed by atoms with van der Waals surface area (Å²) in [6, 6.07) is 0. The fourth-order valence-electron chi connectivity index (χ4n) is 7.57. The molecule has 0 radical (unpaired) electrons. The van der Waals surface area contributed by atoms with Gasteiger partial charge in [0.25, 0.3) is 7.82 Å². The van der Waals surface area contributed by atoms with Crippen molar-refractivity contribution in [1.82, 2.24) is 0 Å². The summed E-state index contributed by atoms with van der Waals surface area (Å²) in [6.45, 7) is 8.18. The molecule has 1 aliphatic rings. The summed E-state index contributed by atoms with van der Waals surface area (Å²) in [6.07, 6.45) is 32.5. The van der Waals surface area contributed by atoms with Crippen molar-refractivity contribution in [1.29, 1.82) is 0 Å². The van der Waals surface area contributed by atoms with Crippen LogP contribution in [0, 0.1) is 0 Å². The van der Waals surface area contributed by atoms with E-state index in [2.05, 4.69) is 13.8 Å². The largest absolute Gasteiger partial charge is 0.756 e. The van der Waals surface area contributed by atoms with Crippen LogP contribution in [0.5, 0.6) is 0 Å². The Labute approximate surface area is 362 Å². The van der Waals surface area contributed by atoms with Gasteiger partial charge in [0, 0.05) is 12.8 Å². The molecule has 1 rings (SSSR count). The molecule has 0 N–H and O–H groups in total. The lowest BCUT2D eigenvalue weighted by Gasteiger charge is -2.28. The number of ether oxygens (including phenoxy) is 4. The van der Waals surface area contributed by atoms with E-state index in [1.807, 2.05) is 35.0 Å². The van der Waals surface area contributed by atoms with Crippen molar-refractivity contribution >= 4 is 19.8 Å². The lowest BCUT2D eigenvalue weighted by molar-refractivity contribution is -0.870. The Morgan fingerprint density at radius 2 is 0.983 bits per heavy atom. The number of carbonyl (C=O) groups is 2. The number of likely N-dealkylation sites (N-methyl/N-ethyl adjacent to an activating group) is 1. The molecule has 59 heavy (non-hydrogen) atoms. The van der Waals surface area contributed by atoms with Crippen LogP contribution < -0.4 is 4.89 Å². The number of rotatable bonds is 41. The molecule has 0 aromatic heterocycles. The monoisotopic (exact) mass is 862 g/mol. The van der Waals surface area contributed by atoms with Crippen LogP contribution in [0.1, 0.15) is 220 Å². The number of phosphoric ester groups is 1. The molecule has 0 bridgehead atoms. The van der Waals surface area contributed by atoms with Crippen molar-refractivity contribution in [3.63, 3.8) is 0 Å². The number of nitrogens with zero attached hydrogens (tertiary/aromatic N) is 1. The highest BCUT2D eigenvalue weighted by Gasteiger charge is 2.40. The van der Waals surface area contributed by atoms with Gasteiger partial charge in [0.05, 0.1) is 40.0 Å². The smallest absolute Gasteiger partial charge is 0.306 e. The summed E-state index contributed by atoms with van der Waals surface area (Å²) in [5.41, 5.74) is 0. The predicted molar refractivity (Wildman–Crippen MR) is 237 cm³/mol. The van der Waals surface area contributed by atoms with E-state index in [4.69, 9.17) is 28.0 Å². The fourth-order valence-corrected chi connectivity index (χ4v) is 8.30. The summed E-state index contributed by atoms with van der Waals surface area (Å²) < 4.78 is 46.6. The number of esters is 2. The average molecular weight is 862 g/mol. The number of hydrogen-bond donors (Lipinski definition) is 0. The van der Waals surface area contributed by atoms with Gasteiger partial charge in [-0.1, -0.05) is 168 Å². The van der Waals surface area contributed by atoms with E-state index < -0.39 is 38.3 Å². The molecule has 0 saturated carbocycles. The van der Waals surface area contributed by atoms with E-state index in [0.29, 0.717) is 17.4 Å². The molecule has 3 unspecified atom stereocenters. The Balaban J connectivity index is 2.37. The third kappa shape index (κ3) is 34.1. The highest BCUT2D eigenvalue weighted by atomic mass is 31.2. The molecule has 0 aromatic carbocycles. The molecule has 1 heterocycles. The summed E-state index contributed by atoms with van der Waals surface area (Å²) in [7, 11) is 1.14. The summed E-state index contributed by atoms with van der Waals surface area (Å²) in [4.78, 5) is 37.8. The van der Waals surface area contributed by atoms with E-state index >= 15 is 0 Å². The van der Waals surface area contributed by atoms with Gasteiger partial charge >= 0.3 is 11.9 Å². The van der Waals surface area contributed by atoms with Gasteiger partial charge in [-0.3, -0.25) is 14.2 Å². The van der Waals surface area contributed by atoms with Crippen LogP contribution in [0.4, 0.5) is 0 Å². The highest BCUT2D eigenvalue weighted by molar-refractivity contribution is 7.45. The quantitative estimate of drug-likeness (QED) is 0.0253. The normalized spacial score (nSPS) is 18.2. The molecule has 0 aliphatic carbocycles. The first-order valence-corrected chi connectivity index (χ1v) is 25.7. The molecule has 11 nitrogen and oxygen atoms in total. The molecular weight excluding hydrogens is 769 g/mol. The first-order valence-electron chi connectivity index (χ1n) is 24.3. The van der Waals surface area contributed by atoms with Crippen molar-refractivity contribution in [2.75, 3.05) is 47.5 Å². The van der Waals surface area contributed by atoms with Gasteiger partial charge in [-0.25, -0.2) is 0 Å². The van der Waals surface area contributed by atoms with Gasteiger partial charge in [-0.2, -0.15) is 0 Å². The Hall–Kier alpha value is -1.07. The van der Waals surface area contributed by atoms with Crippen LogP contribution in [0.2, 0.25) is 0 Å². The van der Waals surface area contributed by atoms with Crippen molar-refractivity contribution in [2.24, 2.45) is 0 Å². The van der Waals surface area contributed by atoms with E-state index in [9.17, 15) is 19.0 Å². The number of quaternary nitrogens is 1. The number of phosphoric acid groups is 1. The molecule has 1 saturated heterocycles. The third-order valence-corrected chi connectivity index (χ3v) is 12.1. The number of hydrogen-bond acceptors (Lipinski definition) is 10. The van der Waals surface area contributed by atoms with Crippen LogP contribution in [0.25, 0.3) is 0 Å². The van der Waals surface area contributed by atoms with Crippen molar-refractivity contribution in [3.8, 4) is 0 Å². The minimum absolute atomic E-state index is 0.0395. The Morgan fingerprint density at radius 3 is 1.41 bits per heavy atom. The third-order valence-electron chi connectivity index (χ3n) is 11.1. The van der Waals surface area contributed by atoms with Gasteiger partial charge < -0.3 is 37.4 Å². The molecule has 4 atom stereocenters. The zero-order valence-electron chi connectivity index (χ0n) is 39.3. The second-order valence-corrected chi connectivity index (χ2v) is 20.1. The molecule has 1 fully saturated rings. The van der Waals surface area contributed by atoms with Gasteiger partial charge in [-0.05, 0) is 39.5 Å². The summed E-state index contributed by atoms with van der Waals surface area (Å²) >= 11 is 0. The lowest BCUT2D eigenvalue weighted by Crippen LogP contribution is -2.37. The topological polar surface area (TPSA) is 130 Å². The minimum Gasteiger partial charge on any atom is -0.756 e. The predicted octanol–water partition coefficient (Wildman–Crippen LogP) is 11.9. The maximum Gasteiger partial charge on any atom is 0.306 e. The average Bonchev–Trinajstić information content (AvgIpc) is 3.47. The number of carbonyl (C=O) groups excluding carboxylic acids is 2. The van der Waals surface area contributed by atoms with Crippen LogP contribution >= 0.6 is 7.82 Å². The summed E-state index contributed by atoms with van der Waals surface area (Å²) in [5.74, 6) is -1.40. The fraction of sp³-hybridized carbons (Fsp3) is 0.957. The van der Waals surface area contributed by atoms with Gasteiger partial charge in [0.1, 0.15) is 19.8 Å². The molecule has 0 amide bonds. The molecule has 350 valence electrons. The van der Waals surface area contributed by atoms with E-state index in [1.165, 1.54) is 116 Å². The Bertz CT molecular complexity index is 1080.